The fraction of sp³-hybridized carbons (Fsp3) is 0.455. The number of ether oxygens (including phenoxy) is 1. The zero-order valence-corrected chi connectivity index (χ0v) is 9.26. The first kappa shape index (κ1) is 12.4. The smallest absolute Gasteiger partial charge is 0.142 e. The first-order chi connectivity index (χ1) is 7.81. The number of anilines is 1. The van der Waals surface area contributed by atoms with Crippen LogP contribution in [-0.4, -0.2) is 43.5 Å². The highest BCUT2D eigenvalue weighted by molar-refractivity contribution is 5.48. The Balaban J connectivity index is 2.79. The van der Waals surface area contributed by atoms with Gasteiger partial charge in [0.2, 0.25) is 0 Å². The average Bonchev–Trinajstić information content (AvgIpc) is 2.34. The fourth-order valence-corrected chi connectivity index (χ4v) is 1.37. The van der Waals surface area contributed by atoms with Crippen LogP contribution in [0, 0.1) is 11.3 Å². The molecule has 1 rings (SSSR count). The molecule has 0 aromatic carbocycles. The highest BCUT2D eigenvalue weighted by Gasteiger charge is 2.06. The van der Waals surface area contributed by atoms with Crippen LogP contribution in [0.15, 0.2) is 18.3 Å². The molecule has 5 nitrogen and oxygen atoms in total. The summed E-state index contributed by atoms with van der Waals surface area (Å²) in [6, 6.07) is 5.50. The van der Waals surface area contributed by atoms with Crippen molar-refractivity contribution in [3.05, 3.63) is 24.0 Å². The van der Waals surface area contributed by atoms with Gasteiger partial charge in [-0.15, -0.1) is 0 Å². The minimum Gasteiger partial charge on any atom is -0.395 e. The second-order valence-corrected chi connectivity index (χ2v) is 3.21. The van der Waals surface area contributed by atoms with Crippen molar-refractivity contribution in [1.29, 1.82) is 5.26 Å². The number of methoxy groups -OCH3 is 1. The van der Waals surface area contributed by atoms with Gasteiger partial charge in [0.25, 0.3) is 0 Å². The predicted octanol–water partition coefficient (Wildman–Crippen LogP) is 0.398. The second-order valence-electron chi connectivity index (χ2n) is 3.21. The van der Waals surface area contributed by atoms with E-state index in [-0.39, 0.29) is 6.61 Å². The number of aromatic nitrogens is 1. The summed E-state index contributed by atoms with van der Waals surface area (Å²) in [6.07, 6.45) is 1.59. The highest BCUT2D eigenvalue weighted by Crippen LogP contribution is 2.13. The van der Waals surface area contributed by atoms with Gasteiger partial charge in [0, 0.05) is 32.1 Å². The van der Waals surface area contributed by atoms with Crippen molar-refractivity contribution in [3.8, 4) is 6.07 Å². The maximum absolute atomic E-state index is 8.96. The van der Waals surface area contributed by atoms with E-state index < -0.39 is 0 Å². The molecule has 1 N–H and O–H groups in total. The molecule has 0 aliphatic rings. The van der Waals surface area contributed by atoms with Crippen LogP contribution < -0.4 is 4.90 Å². The Morgan fingerprint density at radius 2 is 2.38 bits per heavy atom. The van der Waals surface area contributed by atoms with Crippen LogP contribution >= 0.6 is 0 Å². The summed E-state index contributed by atoms with van der Waals surface area (Å²) in [5, 5.41) is 17.7. The standard InChI is InChI=1S/C11H15N3O2/c1-16-7-5-14(4-6-15)11-2-3-13-10(8-11)9-12/h2-3,8,15H,4-7H2,1H3. The van der Waals surface area contributed by atoms with Gasteiger partial charge in [-0.05, 0) is 12.1 Å². The molecule has 16 heavy (non-hydrogen) atoms. The molecule has 0 unspecified atom stereocenters. The van der Waals surface area contributed by atoms with E-state index in [1.807, 2.05) is 17.0 Å². The van der Waals surface area contributed by atoms with Crippen molar-refractivity contribution in [2.75, 3.05) is 38.3 Å². The maximum atomic E-state index is 8.96. The van der Waals surface area contributed by atoms with Crippen molar-refractivity contribution >= 4 is 5.69 Å². The average molecular weight is 221 g/mol. The molecule has 1 aromatic rings. The number of hydrogen-bond donors (Lipinski definition) is 1. The lowest BCUT2D eigenvalue weighted by Gasteiger charge is -2.23. The molecule has 1 heterocycles. The van der Waals surface area contributed by atoms with Crippen LogP contribution in [0.5, 0.6) is 0 Å². The van der Waals surface area contributed by atoms with E-state index in [4.69, 9.17) is 15.1 Å². The molecule has 0 atom stereocenters. The summed E-state index contributed by atoms with van der Waals surface area (Å²) in [5.74, 6) is 0. The minimum atomic E-state index is 0.0634. The fourth-order valence-electron chi connectivity index (χ4n) is 1.37. The lowest BCUT2D eigenvalue weighted by Crippen LogP contribution is -2.30. The van der Waals surface area contributed by atoms with Gasteiger partial charge in [0.05, 0.1) is 13.2 Å². The van der Waals surface area contributed by atoms with Crippen molar-refractivity contribution in [3.63, 3.8) is 0 Å². The number of aliphatic hydroxyl groups excluding tert-OH is 1. The molecule has 5 heteroatoms. The Labute approximate surface area is 94.9 Å². The molecule has 0 saturated heterocycles. The third kappa shape index (κ3) is 3.50. The summed E-state index contributed by atoms with van der Waals surface area (Å²) in [4.78, 5) is 5.85. The molecule has 86 valence electrons. The first-order valence-electron chi connectivity index (χ1n) is 5.02. The maximum Gasteiger partial charge on any atom is 0.142 e. The van der Waals surface area contributed by atoms with E-state index >= 15 is 0 Å². The quantitative estimate of drug-likeness (QED) is 0.753. The summed E-state index contributed by atoms with van der Waals surface area (Å²) in [5.41, 5.74) is 1.25. The molecule has 0 spiro atoms. The Kier molecular flexibility index (Phi) is 5.26. The van der Waals surface area contributed by atoms with Crippen LogP contribution in [0.3, 0.4) is 0 Å². The Morgan fingerprint density at radius 3 is 3.00 bits per heavy atom. The number of nitrogens with zero attached hydrogens (tertiary/aromatic N) is 3. The second kappa shape index (κ2) is 6.77. The zero-order chi connectivity index (χ0) is 11.8. The number of aliphatic hydroxyl groups is 1. The molecule has 0 fully saturated rings. The highest BCUT2D eigenvalue weighted by atomic mass is 16.5. The molecule has 0 aliphatic carbocycles. The van der Waals surface area contributed by atoms with Crippen LogP contribution in [0.1, 0.15) is 5.69 Å². The Morgan fingerprint density at radius 1 is 1.56 bits per heavy atom. The normalized spacial score (nSPS) is 9.81. The summed E-state index contributed by atoms with van der Waals surface area (Å²) in [7, 11) is 1.63. The van der Waals surface area contributed by atoms with Gasteiger partial charge in [0.1, 0.15) is 11.8 Å². The van der Waals surface area contributed by atoms with Gasteiger partial charge in [-0.1, -0.05) is 0 Å². The van der Waals surface area contributed by atoms with Crippen molar-refractivity contribution in [2.24, 2.45) is 0 Å². The van der Waals surface area contributed by atoms with E-state index in [1.165, 1.54) is 0 Å². The van der Waals surface area contributed by atoms with Crippen molar-refractivity contribution < 1.29 is 9.84 Å². The molecular formula is C11H15N3O2. The Hall–Kier alpha value is -1.64. The monoisotopic (exact) mass is 221 g/mol. The van der Waals surface area contributed by atoms with E-state index in [0.29, 0.717) is 25.4 Å². The van der Waals surface area contributed by atoms with Crippen LogP contribution in [0.2, 0.25) is 0 Å². The van der Waals surface area contributed by atoms with Crippen molar-refractivity contribution in [1.82, 2.24) is 4.98 Å². The molecule has 0 bridgehead atoms. The summed E-state index contributed by atoms with van der Waals surface area (Å²) >= 11 is 0. The Bertz CT molecular complexity index is 362. The van der Waals surface area contributed by atoms with Gasteiger partial charge >= 0.3 is 0 Å². The van der Waals surface area contributed by atoms with Crippen molar-refractivity contribution in [2.45, 2.75) is 0 Å². The van der Waals surface area contributed by atoms with E-state index in [2.05, 4.69) is 4.98 Å². The number of pyridine rings is 1. The van der Waals surface area contributed by atoms with Gasteiger partial charge < -0.3 is 14.7 Å². The molecule has 0 radical (unpaired) electrons. The van der Waals surface area contributed by atoms with Crippen LogP contribution in [0.25, 0.3) is 0 Å². The number of hydrogen-bond acceptors (Lipinski definition) is 5. The predicted molar refractivity (Wildman–Crippen MR) is 60.1 cm³/mol. The van der Waals surface area contributed by atoms with E-state index in [0.717, 1.165) is 5.69 Å². The summed E-state index contributed by atoms with van der Waals surface area (Å²) in [6.45, 7) is 1.82. The van der Waals surface area contributed by atoms with Gasteiger partial charge in [-0.3, -0.25) is 0 Å². The van der Waals surface area contributed by atoms with Gasteiger partial charge in [-0.25, -0.2) is 4.98 Å². The van der Waals surface area contributed by atoms with Crippen LogP contribution in [-0.2, 0) is 4.74 Å². The molecular weight excluding hydrogens is 206 g/mol. The third-order valence-electron chi connectivity index (χ3n) is 2.16. The van der Waals surface area contributed by atoms with Crippen LogP contribution in [0.4, 0.5) is 5.69 Å². The summed E-state index contributed by atoms with van der Waals surface area (Å²) < 4.78 is 4.99. The van der Waals surface area contributed by atoms with E-state index in [9.17, 15) is 0 Å². The lowest BCUT2D eigenvalue weighted by molar-refractivity contribution is 0.203. The van der Waals surface area contributed by atoms with Gasteiger partial charge in [0.15, 0.2) is 0 Å². The molecule has 0 amide bonds. The molecule has 0 saturated carbocycles. The SMILES string of the molecule is COCCN(CCO)c1ccnc(C#N)c1. The molecule has 0 aliphatic heterocycles. The minimum absolute atomic E-state index is 0.0634. The topological polar surface area (TPSA) is 69.4 Å². The largest absolute Gasteiger partial charge is 0.395 e. The molecule has 1 aromatic heterocycles. The first-order valence-corrected chi connectivity index (χ1v) is 5.02. The number of rotatable bonds is 6. The third-order valence-corrected chi connectivity index (χ3v) is 2.16. The number of nitriles is 1. The zero-order valence-electron chi connectivity index (χ0n) is 9.26. The lowest BCUT2D eigenvalue weighted by atomic mass is 10.3. The van der Waals surface area contributed by atoms with Gasteiger partial charge in [-0.2, -0.15) is 5.26 Å². The van der Waals surface area contributed by atoms with E-state index in [1.54, 1.807) is 19.4 Å².